The molecule has 4 amide bonds. The van der Waals surface area contributed by atoms with Crippen LogP contribution in [-0.4, -0.2) is 170 Å². The van der Waals surface area contributed by atoms with Crippen molar-refractivity contribution in [2.24, 2.45) is 5.11 Å². The monoisotopic (exact) mass is 1390 g/mol. The first-order valence-electron chi connectivity index (χ1n) is 27.6. The highest BCUT2D eigenvalue weighted by Gasteiger charge is 2.40. The number of amides is 4. The van der Waals surface area contributed by atoms with Gasteiger partial charge >= 0.3 is 13.5 Å². The van der Waals surface area contributed by atoms with Crippen molar-refractivity contribution in [3.63, 3.8) is 0 Å². The van der Waals surface area contributed by atoms with Gasteiger partial charge in [0.1, 0.15) is 42.5 Å². The molecule has 3 heterocycles. The molecule has 5 atom stereocenters. The van der Waals surface area contributed by atoms with Gasteiger partial charge in [0.15, 0.2) is 27.4 Å². The van der Waals surface area contributed by atoms with Crippen LogP contribution in [0.4, 0.5) is 11.5 Å². The van der Waals surface area contributed by atoms with E-state index in [1.807, 2.05) is 6.26 Å². The van der Waals surface area contributed by atoms with E-state index in [9.17, 15) is 64.3 Å². The van der Waals surface area contributed by atoms with Crippen molar-refractivity contribution in [3.8, 4) is 40.0 Å². The molecule has 498 valence electrons. The number of benzene rings is 4. The molecule has 3 aromatic carbocycles. The first-order valence-corrected chi connectivity index (χ1v) is 34.6. The number of carbonyl (C=O) groups excluding carboxylic acids is 4. The Morgan fingerprint density at radius 2 is 1.73 bits per heavy atom. The molecule has 0 spiro atoms. The molecule has 2 unspecified atom stereocenters. The van der Waals surface area contributed by atoms with Crippen molar-refractivity contribution < 1.29 is 92.1 Å². The Morgan fingerprint density at radius 3 is 2.45 bits per heavy atom. The molecule has 0 saturated carbocycles. The third kappa shape index (κ3) is 19.9. The lowest BCUT2D eigenvalue weighted by Crippen LogP contribution is -2.35. The van der Waals surface area contributed by atoms with Crippen molar-refractivity contribution in [1.82, 2.24) is 30.4 Å². The topological polar surface area (TPSA) is 502 Å². The molecular formula is C55H63N12O21PS4. The number of nitrogens with zero attached hydrogens (tertiary/aromatic N) is 6. The number of anilines is 2. The van der Waals surface area contributed by atoms with Crippen molar-refractivity contribution in [3.05, 3.63) is 122 Å². The van der Waals surface area contributed by atoms with Crippen LogP contribution in [0.5, 0.6) is 5.75 Å². The van der Waals surface area contributed by atoms with Crippen molar-refractivity contribution in [2.75, 3.05) is 84.0 Å². The summed E-state index contributed by atoms with van der Waals surface area (Å²) in [6.07, 6.45) is -0.385. The predicted molar refractivity (Wildman–Crippen MR) is 336 cm³/mol. The summed E-state index contributed by atoms with van der Waals surface area (Å²) in [5.41, 5.74) is 19.3. The molecule has 4 aromatic rings. The largest absolute Gasteiger partial charge is 0.491 e. The van der Waals surface area contributed by atoms with Crippen LogP contribution in [0.25, 0.3) is 43.9 Å². The molecule has 33 nitrogen and oxygen atoms in total. The van der Waals surface area contributed by atoms with Gasteiger partial charge in [-0.3, -0.25) is 42.8 Å². The van der Waals surface area contributed by atoms with Gasteiger partial charge in [-0.2, -0.15) is 21.8 Å². The summed E-state index contributed by atoms with van der Waals surface area (Å²) in [4.78, 5) is 89.9. The summed E-state index contributed by atoms with van der Waals surface area (Å²) in [5.74, 6) is 2.79. The van der Waals surface area contributed by atoms with Gasteiger partial charge in [-0.15, -0.1) is 0 Å². The van der Waals surface area contributed by atoms with Crippen LogP contribution in [0.3, 0.4) is 0 Å². The molecular weight excluding hydrogens is 1320 g/mol. The molecule has 7 rings (SSSR count). The Kier molecular flexibility index (Phi) is 25.3. The standard InChI is InChI=1S/C55H63N12O21PS4/c1-31(91-90-3)86-41-26-46(87-42(41)28-85-89(73,74)75)67-27-33(52(58)63-55(67)72)10-7-19-60-44(69)29-82-23-24-83-45(64-65-59)30-84-34-11-6-9-32(25-34)53(70)62-21-20-61-43(68)14-8-22-66(2)54(71)36-13-5-4-12-35(36)47-37-15-17-39(56)50(92(76,77)78)48(37)88-49-38(47)16-18-40(57)51(49)93(79,80)81/h4-6,9,11-13,15-18,25,27,31,41-42,45-46,56H,8,14,19-24,26,28-30,57H2,1-3H3,(H,60,69)(H,61,68)(H,62,70)(H2,58,63,72)(H2,73,74,75)(H,76,77,78)(H,79,80,81)/t31-,41?,42-,45?,46-/m1/s1. The number of aromatic nitrogens is 2. The van der Waals surface area contributed by atoms with E-state index in [0.29, 0.717) is 0 Å². The van der Waals surface area contributed by atoms with Gasteiger partial charge in [0.2, 0.25) is 11.8 Å². The second kappa shape index (κ2) is 32.6. The lowest BCUT2D eigenvalue weighted by Gasteiger charge is -2.22. The molecule has 1 fully saturated rings. The maximum Gasteiger partial charge on any atom is 0.469 e. The van der Waals surface area contributed by atoms with Crippen LogP contribution < -0.4 is 43.2 Å². The number of nitrogens with one attached hydrogen (secondary N) is 4. The highest BCUT2D eigenvalue weighted by molar-refractivity contribution is 8.76. The number of carbonyl (C=O) groups is 4. The lowest BCUT2D eigenvalue weighted by atomic mass is 9.90. The van der Waals surface area contributed by atoms with Gasteiger partial charge in [-0.05, 0) is 79.2 Å². The second-order valence-electron chi connectivity index (χ2n) is 20.0. The number of fused-ring (bicyclic) bond motifs is 2. The Labute approximate surface area is 538 Å². The molecule has 0 bridgehead atoms. The molecule has 93 heavy (non-hydrogen) atoms. The number of azide groups is 1. The van der Waals surface area contributed by atoms with Crippen LogP contribution in [0, 0.1) is 17.3 Å². The molecule has 3 aliphatic rings. The van der Waals surface area contributed by atoms with Gasteiger partial charge < -0.3 is 70.2 Å². The first kappa shape index (κ1) is 72.3. The first-order chi connectivity index (χ1) is 44.1. The SMILES string of the molecule is CSS[C@H](C)OC1C[C@H](n2cc(C#CCNC(=O)COCCOC(COc3cccc(C(=O)NCCNC(=O)CCCN(C)C(=O)c4ccccc4-c4c5ccc(=N)c(S(=O)(=O)O)c-5oc5c(S(=O)(=O)O)c(N)ccc45)c3)N=[N+]=[N-])c(N)nc2=O)O[C@@H]1COP(=O)(O)O. The van der Waals surface area contributed by atoms with Gasteiger partial charge in [0.25, 0.3) is 32.1 Å². The molecule has 0 radical (unpaired) electrons. The number of phosphoric acid groups is 1. The fraction of sp³-hybridized carbons (Fsp3) is 0.364. The zero-order valence-corrected chi connectivity index (χ0v) is 53.7. The lowest BCUT2D eigenvalue weighted by molar-refractivity contribution is -0.126. The number of nitrogen functional groups attached to an aromatic ring is 2. The summed E-state index contributed by atoms with van der Waals surface area (Å²) >= 11 is 0. The van der Waals surface area contributed by atoms with E-state index < -0.39 is 127 Å². The minimum Gasteiger partial charge on any atom is -0.491 e. The van der Waals surface area contributed by atoms with Crippen LogP contribution in [-0.2, 0) is 57.9 Å². The summed E-state index contributed by atoms with van der Waals surface area (Å²) in [5, 5.41) is 19.0. The van der Waals surface area contributed by atoms with Crippen LogP contribution >= 0.6 is 29.4 Å². The number of rotatable bonds is 31. The normalized spacial score (nSPS) is 15.5. The van der Waals surface area contributed by atoms with E-state index in [-0.39, 0.29) is 121 Å². The Morgan fingerprint density at radius 1 is 0.989 bits per heavy atom. The van der Waals surface area contributed by atoms with Gasteiger partial charge in [0.05, 0.1) is 49.1 Å². The molecule has 1 saturated heterocycles. The second-order valence-corrected chi connectivity index (χ2v) is 26.7. The Balaban J connectivity index is 0.821. The van der Waals surface area contributed by atoms with Crippen LogP contribution in [0.1, 0.15) is 58.7 Å². The minimum absolute atomic E-state index is 0.0206. The summed E-state index contributed by atoms with van der Waals surface area (Å²) in [6, 6.07) is 16.9. The molecule has 38 heteroatoms. The molecule has 1 aliphatic carbocycles. The fourth-order valence-corrected chi connectivity index (χ4v) is 12.6. The zero-order chi connectivity index (χ0) is 67.8. The van der Waals surface area contributed by atoms with Crippen molar-refractivity contribution >= 4 is 95.7 Å². The van der Waals surface area contributed by atoms with E-state index in [4.69, 9.17) is 50.5 Å². The summed E-state index contributed by atoms with van der Waals surface area (Å²) in [7, 11) is -10.8. The smallest absolute Gasteiger partial charge is 0.469 e. The third-order valence-corrected chi connectivity index (χ3v) is 17.7. The van der Waals surface area contributed by atoms with Gasteiger partial charge in [0, 0.05) is 78.3 Å². The third-order valence-electron chi connectivity index (χ3n) is 13.4. The number of phosphoric ester groups is 1. The van der Waals surface area contributed by atoms with E-state index in [0.717, 1.165) is 16.7 Å². The van der Waals surface area contributed by atoms with E-state index in [1.54, 1.807) is 31.2 Å². The maximum atomic E-state index is 14.1. The predicted octanol–water partition coefficient (Wildman–Crippen LogP) is 3.65. The van der Waals surface area contributed by atoms with Crippen LogP contribution in [0.15, 0.2) is 103 Å². The Hall–Kier alpha value is -8.15. The molecule has 1 aromatic heterocycles. The van der Waals surface area contributed by atoms with E-state index >= 15 is 0 Å². The van der Waals surface area contributed by atoms with Crippen molar-refractivity contribution in [2.45, 2.75) is 66.1 Å². The van der Waals surface area contributed by atoms with E-state index in [2.05, 4.69) is 47.3 Å². The number of hydrogen-bond acceptors (Lipinski definition) is 24. The molecule has 2 aliphatic heterocycles. The van der Waals surface area contributed by atoms with Gasteiger partial charge in [-0.25, -0.2) is 9.36 Å². The fourth-order valence-electron chi connectivity index (χ4n) is 9.37. The molecule has 12 N–H and O–H groups in total. The minimum atomic E-state index is -5.19. The van der Waals surface area contributed by atoms with Crippen molar-refractivity contribution in [1.29, 1.82) is 5.41 Å². The summed E-state index contributed by atoms with van der Waals surface area (Å²) in [6.45, 7) is 0.287. The zero-order valence-electron chi connectivity index (χ0n) is 49.5. The van der Waals surface area contributed by atoms with E-state index in [1.165, 1.54) is 76.1 Å². The average Bonchev–Trinajstić information content (AvgIpc) is 1.21. The number of hydrogen-bond donors (Lipinski definition) is 10. The summed E-state index contributed by atoms with van der Waals surface area (Å²) < 4.78 is 122. The Bertz CT molecular complexity index is 4250. The highest BCUT2D eigenvalue weighted by Crippen LogP contribution is 2.46. The van der Waals surface area contributed by atoms with Crippen LogP contribution in [0.2, 0.25) is 0 Å². The van der Waals surface area contributed by atoms with Gasteiger partial charge in [-0.1, -0.05) is 62.8 Å². The quantitative estimate of drug-likeness (QED) is 0.00254. The maximum absolute atomic E-state index is 14.1. The highest BCUT2D eigenvalue weighted by atomic mass is 33.1. The number of nitrogens with two attached hydrogens (primary N) is 2. The number of ether oxygens (including phenoxy) is 5. The average molecular weight is 1390 g/mol.